The van der Waals surface area contributed by atoms with Gasteiger partial charge in [-0.1, -0.05) is 35.4 Å². The Bertz CT molecular complexity index is 476. The van der Waals surface area contributed by atoms with E-state index in [9.17, 15) is 9.90 Å². The summed E-state index contributed by atoms with van der Waals surface area (Å²) in [6.07, 6.45) is -1.23. The maximum absolute atomic E-state index is 11.9. The molecule has 0 bridgehead atoms. The van der Waals surface area contributed by atoms with E-state index in [4.69, 9.17) is 10.3 Å². The molecule has 0 fully saturated rings. The van der Waals surface area contributed by atoms with Crippen LogP contribution in [0, 0.1) is 0 Å². The first-order valence-electron chi connectivity index (χ1n) is 5.85. The summed E-state index contributed by atoms with van der Waals surface area (Å²) in [6, 6.07) is 7.23. The largest absolute Gasteiger partial charge is 0.460 e. The van der Waals surface area contributed by atoms with E-state index in [0.29, 0.717) is 5.56 Å². The molecule has 19 heavy (non-hydrogen) atoms. The van der Waals surface area contributed by atoms with Gasteiger partial charge in [-0.05, 0) is 31.9 Å². The molecule has 2 unspecified atom stereocenters. The van der Waals surface area contributed by atoms with Gasteiger partial charge in [-0.3, -0.25) is 4.79 Å². The van der Waals surface area contributed by atoms with E-state index >= 15 is 0 Å². The second-order valence-electron chi connectivity index (χ2n) is 5.04. The van der Waals surface area contributed by atoms with Crippen LogP contribution in [-0.2, 0) is 9.53 Å². The molecule has 1 N–H and O–H groups in total. The third-order valence-corrected chi connectivity index (χ3v) is 2.26. The molecule has 0 aliphatic heterocycles. The number of esters is 1. The SMILES string of the molecule is CC(C)(C)OC(=O)C(N=[N+]=[N-])C(O)c1ccccc1. The van der Waals surface area contributed by atoms with Crippen molar-refractivity contribution in [3.8, 4) is 0 Å². The van der Waals surface area contributed by atoms with Crippen LogP contribution in [0.3, 0.4) is 0 Å². The number of benzene rings is 1. The normalized spacial score (nSPS) is 14.1. The number of carbonyl (C=O) groups excluding carboxylic acids is 1. The van der Waals surface area contributed by atoms with Crippen molar-refractivity contribution in [1.29, 1.82) is 0 Å². The van der Waals surface area contributed by atoms with E-state index in [1.54, 1.807) is 51.1 Å². The Hall–Kier alpha value is -2.04. The fourth-order valence-electron chi connectivity index (χ4n) is 1.49. The van der Waals surface area contributed by atoms with Crippen LogP contribution in [0.1, 0.15) is 32.4 Å². The van der Waals surface area contributed by atoms with Gasteiger partial charge in [0.1, 0.15) is 5.60 Å². The van der Waals surface area contributed by atoms with Crippen molar-refractivity contribution in [3.63, 3.8) is 0 Å². The van der Waals surface area contributed by atoms with Gasteiger partial charge in [-0.15, -0.1) is 0 Å². The number of rotatable bonds is 4. The fourth-order valence-corrected chi connectivity index (χ4v) is 1.49. The van der Waals surface area contributed by atoms with Crippen molar-refractivity contribution in [2.45, 2.75) is 38.5 Å². The van der Waals surface area contributed by atoms with Crippen LogP contribution in [0.25, 0.3) is 10.4 Å². The van der Waals surface area contributed by atoms with Crippen LogP contribution in [0.15, 0.2) is 35.4 Å². The molecule has 0 aromatic heterocycles. The van der Waals surface area contributed by atoms with E-state index < -0.39 is 23.7 Å². The molecule has 2 atom stereocenters. The number of aliphatic hydroxyl groups excluding tert-OH is 1. The lowest BCUT2D eigenvalue weighted by Gasteiger charge is -2.24. The van der Waals surface area contributed by atoms with Gasteiger partial charge in [0.05, 0.1) is 6.10 Å². The Balaban J connectivity index is 2.95. The van der Waals surface area contributed by atoms with Crippen molar-refractivity contribution < 1.29 is 14.6 Å². The van der Waals surface area contributed by atoms with Crippen LogP contribution < -0.4 is 0 Å². The number of azide groups is 1. The molecular weight excluding hydrogens is 246 g/mol. The van der Waals surface area contributed by atoms with Crippen LogP contribution in [-0.4, -0.2) is 22.7 Å². The molecule has 0 saturated carbocycles. The molecule has 0 radical (unpaired) electrons. The summed E-state index contributed by atoms with van der Waals surface area (Å²) in [7, 11) is 0. The van der Waals surface area contributed by atoms with Gasteiger partial charge >= 0.3 is 5.97 Å². The minimum Gasteiger partial charge on any atom is -0.460 e. The van der Waals surface area contributed by atoms with E-state index in [1.807, 2.05) is 0 Å². The van der Waals surface area contributed by atoms with Crippen molar-refractivity contribution in [2.75, 3.05) is 0 Å². The average Bonchev–Trinajstić information content (AvgIpc) is 2.34. The smallest absolute Gasteiger partial charge is 0.318 e. The summed E-state index contributed by atoms with van der Waals surface area (Å²) in [5.41, 5.74) is 8.30. The Morgan fingerprint density at radius 2 is 1.95 bits per heavy atom. The lowest BCUT2D eigenvalue weighted by atomic mass is 10.0. The second-order valence-corrected chi connectivity index (χ2v) is 5.04. The lowest BCUT2D eigenvalue weighted by Crippen LogP contribution is -2.34. The molecule has 1 rings (SSSR count). The molecule has 0 aliphatic carbocycles. The zero-order chi connectivity index (χ0) is 14.5. The van der Waals surface area contributed by atoms with Crippen molar-refractivity contribution >= 4 is 5.97 Å². The van der Waals surface area contributed by atoms with Gasteiger partial charge < -0.3 is 9.84 Å². The van der Waals surface area contributed by atoms with Crippen molar-refractivity contribution in [2.24, 2.45) is 5.11 Å². The highest BCUT2D eigenvalue weighted by Crippen LogP contribution is 2.22. The maximum atomic E-state index is 11.9. The van der Waals surface area contributed by atoms with Crippen LogP contribution >= 0.6 is 0 Å². The van der Waals surface area contributed by atoms with Crippen LogP contribution in [0.5, 0.6) is 0 Å². The molecule has 102 valence electrons. The maximum Gasteiger partial charge on any atom is 0.318 e. The third kappa shape index (κ3) is 4.62. The first-order valence-corrected chi connectivity index (χ1v) is 5.85. The van der Waals surface area contributed by atoms with Gasteiger partial charge in [-0.2, -0.15) is 0 Å². The molecule has 0 spiro atoms. The first kappa shape index (κ1) is 15.0. The first-order chi connectivity index (χ1) is 8.85. The number of nitrogens with zero attached hydrogens (tertiary/aromatic N) is 3. The minimum absolute atomic E-state index is 0.491. The highest BCUT2D eigenvalue weighted by molar-refractivity contribution is 5.77. The molecule has 0 heterocycles. The van der Waals surface area contributed by atoms with Crippen LogP contribution in [0.2, 0.25) is 0 Å². The number of aliphatic hydroxyl groups is 1. The topological polar surface area (TPSA) is 95.3 Å². The summed E-state index contributed by atoms with van der Waals surface area (Å²) in [5, 5.41) is 13.5. The molecule has 0 saturated heterocycles. The summed E-state index contributed by atoms with van der Waals surface area (Å²) in [4.78, 5) is 14.5. The Morgan fingerprint density at radius 3 is 2.42 bits per heavy atom. The summed E-state index contributed by atoms with van der Waals surface area (Å²) < 4.78 is 5.13. The Kier molecular flexibility index (Phi) is 4.92. The summed E-state index contributed by atoms with van der Waals surface area (Å²) in [6.45, 7) is 5.10. The Labute approximate surface area is 111 Å². The molecular formula is C13H17N3O3. The lowest BCUT2D eigenvalue weighted by molar-refractivity contribution is -0.159. The quantitative estimate of drug-likeness (QED) is 0.391. The van der Waals surface area contributed by atoms with Crippen molar-refractivity contribution in [3.05, 3.63) is 46.3 Å². The zero-order valence-corrected chi connectivity index (χ0v) is 11.1. The standard InChI is InChI=1S/C13H17N3O3/c1-13(2,3)19-12(18)10(15-16-14)11(17)9-7-5-4-6-8-9/h4-8,10-11,17H,1-3H3. The number of ether oxygens (including phenoxy) is 1. The third-order valence-electron chi connectivity index (χ3n) is 2.26. The van der Waals surface area contributed by atoms with E-state index in [1.165, 1.54) is 0 Å². The zero-order valence-electron chi connectivity index (χ0n) is 11.1. The molecule has 6 nitrogen and oxygen atoms in total. The highest BCUT2D eigenvalue weighted by atomic mass is 16.6. The van der Waals surface area contributed by atoms with Gasteiger partial charge in [0.25, 0.3) is 0 Å². The van der Waals surface area contributed by atoms with Crippen LogP contribution in [0.4, 0.5) is 0 Å². The van der Waals surface area contributed by atoms with Gasteiger partial charge in [0, 0.05) is 4.91 Å². The Morgan fingerprint density at radius 1 is 1.37 bits per heavy atom. The average molecular weight is 263 g/mol. The van der Waals surface area contributed by atoms with Gasteiger partial charge in [0.15, 0.2) is 6.04 Å². The molecule has 1 aromatic carbocycles. The number of carbonyl (C=O) groups is 1. The summed E-state index contributed by atoms with van der Waals surface area (Å²) >= 11 is 0. The predicted octanol–water partition coefficient (Wildman–Crippen LogP) is 2.74. The number of hydrogen-bond donors (Lipinski definition) is 1. The minimum atomic E-state index is -1.30. The summed E-state index contributed by atoms with van der Waals surface area (Å²) in [5.74, 6) is -0.748. The fraction of sp³-hybridized carbons (Fsp3) is 0.462. The molecule has 1 aromatic rings. The van der Waals surface area contributed by atoms with Gasteiger partial charge in [-0.25, -0.2) is 0 Å². The molecule has 0 amide bonds. The van der Waals surface area contributed by atoms with E-state index in [0.717, 1.165) is 0 Å². The molecule has 6 heteroatoms. The highest BCUT2D eigenvalue weighted by Gasteiger charge is 2.31. The van der Waals surface area contributed by atoms with E-state index in [-0.39, 0.29) is 0 Å². The number of hydrogen-bond acceptors (Lipinski definition) is 4. The van der Waals surface area contributed by atoms with E-state index in [2.05, 4.69) is 10.0 Å². The molecule has 0 aliphatic rings. The monoisotopic (exact) mass is 263 g/mol. The van der Waals surface area contributed by atoms with Gasteiger partial charge in [0.2, 0.25) is 0 Å². The second kappa shape index (κ2) is 6.22. The predicted molar refractivity (Wildman–Crippen MR) is 70.2 cm³/mol. The van der Waals surface area contributed by atoms with Crippen molar-refractivity contribution in [1.82, 2.24) is 0 Å².